The summed E-state index contributed by atoms with van der Waals surface area (Å²) in [6.07, 6.45) is 3.78. The summed E-state index contributed by atoms with van der Waals surface area (Å²) in [5.41, 5.74) is -1.54. The number of esters is 1. The molecule has 2 atom stereocenters. The number of halogens is 2. The summed E-state index contributed by atoms with van der Waals surface area (Å²) in [4.78, 5) is 46.4. The van der Waals surface area contributed by atoms with Gasteiger partial charge in [0.05, 0.1) is 18.1 Å². The Hall–Kier alpha value is -3.51. The predicted molar refractivity (Wildman–Crippen MR) is 105 cm³/mol. The van der Waals surface area contributed by atoms with Crippen LogP contribution in [0.5, 0.6) is 11.5 Å². The van der Waals surface area contributed by atoms with Crippen LogP contribution in [-0.2, 0) is 9.53 Å². The fraction of sp³-hybridized carbons (Fsp3) is 0.526. The highest BCUT2D eigenvalue weighted by atomic mass is 19.3. The van der Waals surface area contributed by atoms with Crippen LogP contribution in [0.15, 0.2) is 12.1 Å². The minimum atomic E-state index is -3.28. The summed E-state index contributed by atoms with van der Waals surface area (Å²) in [5, 5.41) is 15.9. The van der Waals surface area contributed by atoms with Gasteiger partial charge in [0, 0.05) is 12.1 Å². The van der Waals surface area contributed by atoms with E-state index in [0.717, 1.165) is 38.9 Å². The fourth-order valence-electron chi connectivity index (χ4n) is 3.32. The number of ether oxygens (including phenoxy) is 3. The molecular formula is C19H23F2N3O8. The van der Waals surface area contributed by atoms with Crippen LogP contribution in [0.4, 0.5) is 19.3 Å². The minimum Gasteiger partial charge on any atom is -0.493 e. The number of imide groups is 1. The van der Waals surface area contributed by atoms with Gasteiger partial charge in [-0.3, -0.25) is 20.2 Å². The molecule has 0 heterocycles. The quantitative estimate of drug-likeness (QED) is 0.343. The number of hydrogen-bond donors (Lipinski definition) is 2. The Kier molecular flexibility index (Phi) is 8.67. The number of hydrogen-bond acceptors (Lipinski definition) is 8. The third-order valence-corrected chi connectivity index (χ3v) is 4.93. The van der Waals surface area contributed by atoms with Crippen molar-refractivity contribution in [2.24, 2.45) is 5.92 Å². The van der Waals surface area contributed by atoms with Crippen LogP contribution in [0, 0.1) is 16.0 Å². The summed E-state index contributed by atoms with van der Waals surface area (Å²) in [7, 11) is 1.08. The Morgan fingerprint density at radius 3 is 2.50 bits per heavy atom. The minimum absolute atomic E-state index is 0.0804. The average Bonchev–Trinajstić information content (AvgIpc) is 2.72. The lowest BCUT2D eigenvalue weighted by Crippen LogP contribution is -2.48. The molecule has 1 fully saturated rings. The van der Waals surface area contributed by atoms with Crippen LogP contribution in [0.1, 0.15) is 43.0 Å². The van der Waals surface area contributed by atoms with E-state index in [0.29, 0.717) is 6.07 Å². The third-order valence-electron chi connectivity index (χ3n) is 4.93. The number of nitro groups is 1. The molecule has 3 amide bonds. The van der Waals surface area contributed by atoms with Gasteiger partial charge < -0.3 is 19.5 Å². The lowest BCUT2D eigenvalue weighted by Gasteiger charge is -2.29. The Morgan fingerprint density at radius 2 is 1.91 bits per heavy atom. The van der Waals surface area contributed by atoms with Crippen LogP contribution in [0.2, 0.25) is 0 Å². The molecule has 32 heavy (non-hydrogen) atoms. The molecule has 2 N–H and O–H groups in total. The topological polar surface area (TPSA) is 146 Å². The van der Waals surface area contributed by atoms with Crippen molar-refractivity contribution in [1.29, 1.82) is 0 Å². The first-order valence-electron chi connectivity index (χ1n) is 9.71. The number of amides is 3. The van der Waals surface area contributed by atoms with Gasteiger partial charge in [-0.25, -0.2) is 9.59 Å². The molecule has 13 heteroatoms. The maximum atomic E-state index is 12.5. The number of nitrogens with zero attached hydrogens (tertiary/aromatic N) is 1. The first kappa shape index (κ1) is 24.8. The molecule has 1 aliphatic carbocycles. The van der Waals surface area contributed by atoms with Crippen molar-refractivity contribution >= 4 is 23.6 Å². The van der Waals surface area contributed by atoms with Crippen LogP contribution >= 0.6 is 0 Å². The number of nitrogens with one attached hydrogen (secondary N) is 2. The normalized spacial score (nSPS) is 17.9. The SMILES string of the molecule is COc1cc(C(=O)OCC(=O)NC(=O)NC2CCCCC2C)c([N+](=O)[O-])cc1OC(F)F. The maximum absolute atomic E-state index is 12.5. The molecule has 0 spiro atoms. The zero-order valence-corrected chi connectivity index (χ0v) is 17.4. The Labute approximate surface area is 181 Å². The van der Waals surface area contributed by atoms with Gasteiger partial charge in [-0.05, 0) is 18.8 Å². The van der Waals surface area contributed by atoms with Gasteiger partial charge in [0.2, 0.25) is 0 Å². The summed E-state index contributed by atoms with van der Waals surface area (Å²) >= 11 is 0. The number of methoxy groups -OCH3 is 1. The molecule has 0 bridgehead atoms. The molecule has 1 aromatic rings. The van der Waals surface area contributed by atoms with Crippen molar-refractivity contribution in [3.05, 3.63) is 27.8 Å². The van der Waals surface area contributed by atoms with E-state index in [1.54, 1.807) is 0 Å². The highest BCUT2D eigenvalue weighted by molar-refractivity contribution is 5.98. The smallest absolute Gasteiger partial charge is 0.387 e. The van der Waals surface area contributed by atoms with Gasteiger partial charge in [-0.2, -0.15) is 8.78 Å². The number of carbonyl (C=O) groups is 3. The second-order valence-electron chi connectivity index (χ2n) is 7.12. The molecule has 0 radical (unpaired) electrons. The average molecular weight is 459 g/mol. The summed E-state index contributed by atoms with van der Waals surface area (Å²) in [5.74, 6) is -3.03. The summed E-state index contributed by atoms with van der Waals surface area (Å²) < 4.78 is 38.7. The van der Waals surface area contributed by atoms with Gasteiger partial charge in [0.1, 0.15) is 5.56 Å². The second kappa shape index (κ2) is 11.2. The van der Waals surface area contributed by atoms with Crippen molar-refractivity contribution in [3.8, 4) is 11.5 Å². The number of benzene rings is 1. The van der Waals surface area contributed by atoms with E-state index >= 15 is 0 Å². The van der Waals surface area contributed by atoms with Gasteiger partial charge in [0.15, 0.2) is 18.1 Å². The Bertz CT molecular complexity index is 880. The van der Waals surface area contributed by atoms with E-state index in [9.17, 15) is 33.3 Å². The molecular weight excluding hydrogens is 436 g/mol. The molecule has 176 valence electrons. The van der Waals surface area contributed by atoms with Gasteiger partial charge in [-0.15, -0.1) is 0 Å². The summed E-state index contributed by atoms with van der Waals surface area (Å²) in [6, 6.07) is 0.544. The zero-order chi connectivity index (χ0) is 23.8. The van der Waals surface area contributed by atoms with Crippen molar-refractivity contribution < 1.29 is 42.3 Å². The lowest BCUT2D eigenvalue weighted by atomic mass is 9.86. The Balaban J connectivity index is 2.01. The fourth-order valence-corrected chi connectivity index (χ4v) is 3.32. The Morgan fingerprint density at radius 1 is 1.22 bits per heavy atom. The zero-order valence-electron chi connectivity index (χ0n) is 17.4. The highest BCUT2D eigenvalue weighted by Crippen LogP contribution is 2.36. The number of nitro benzene ring substituents is 1. The van der Waals surface area contributed by atoms with Crippen LogP contribution < -0.4 is 20.1 Å². The lowest BCUT2D eigenvalue weighted by molar-refractivity contribution is -0.385. The van der Waals surface area contributed by atoms with Crippen LogP contribution in [-0.4, -0.2) is 49.2 Å². The van der Waals surface area contributed by atoms with E-state index < -0.39 is 53.0 Å². The van der Waals surface area contributed by atoms with E-state index in [4.69, 9.17) is 9.47 Å². The van der Waals surface area contributed by atoms with Crippen LogP contribution in [0.25, 0.3) is 0 Å². The molecule has 1 aliphatic rings. The first-order chi connectivity index (χ1) is 15.1. The van der Waals surface area contributed by atoms with Crippen LogP contribution in [0.3, 0.4) is 0 Å². The number of urea groups is 1. The highest BCUT2D eigenvalue weighted by Gasteiger charge is 2.28. The molecule has 1 aromatic carbocycles. The first-order valence-corrected chi connectivity index (χ1v) is 9.71. The maximum Gasteiger partial charge on any atom is 0.387 e. The van der Waals surface area contributed by atoms with Gasteiger partial charge in [0.25, 0.3) is 11.6 Å². The van der Waals surface area contributed by atoms with E-state index in [-0.39, 0.29) is 17.7 Å². The van der Waals surface area contributed by atoms with Crippen molar-refractivity contribution in [2.45, 2.75) is 45.3 Å². The summed E-state index contributed by atoms with van der Waals surface area (Å²) in [6.45, 7) is -2.19. The van der Waals surface area contributed by atoms with E-state index in [1.807, 2.05) is 12.2 Å². The van der Waals surface area contributed by atoms with E-state index in [2.05, 4.69) is 10.1 Å². The largest absolute Gasteiger partial charge is 0.493 e. The van der Waals surface area contributed by atoms with Gasteiger partial charge in [-0.1, -0.05) is 19.8 Å². The van der Waals surface area contributed by atoms with E-state index in [1.165, 1.54) is 0 Å². The number of rotatable bonds is 8. The second-order valence-corrected chi connectivity index (χ2v) is 7.12. The van der Waals surface area contributed by atoms with Crippen molar-refractivity contribution in [2.75, 3.05) is 13.7 Å². The van der Waals surface area contributed by atoms with Crippen molar-refractivity contribution in [1.82, 2.24) is 10.6 Å². The number of carbonyl (C=O) groups excluding carboxylic acids is 3. The van der Waals surface area contributed by atoms with Crippen molar-refractivity contribution in [3.63, 3.8) is 0 Å². The standard InChI is InChI=1S/C19H23F2N3O8/c1-10-5-3-4-6-12(10)22-19(27)23-16(25)9-31-17(26)11-7-14(30-2)15(32-18(20)21)8-13(11)24(28)29/h7-8,10,12,18H,3-6,9H2,1-2H3,(H2,22,23,25,27). The molecule has 1 saturated carbocycles. The van der Waals surface area contributed by atoms with Gasteiger partial charge >= 0.3 is 18.6 Å². The third kappa shape index (κ3) is 6.75. The molecule has 2 unspecified atom stereocenters. The predicted octanol–water partition coefficient (Wildman–Crippen LogP) is 2.77. The number of alkyl halides is 2. The molecule has 2 rings (SSSR count). The monoisotopic (exact) mass is 459 g/mol. The molecule has 11 nitrogen and oxygen atoms in total. The molecule has 0 saturated heterocycles. The molecule has 0 aliphatic heterocycles. The molecule has 0 aromatic heterocycles.